The van der Waals surface area contributed by atoms with E-state index in [4.69, 9.17) is 18.9 Å². The van der Waals surface area contributed by atoms with Crippen LogP contribution in [-0.2, 0) is 0 Å². The molecule has 0 radical (unpaired) electrons. The Hall–Kier alpha value is -6.40. The number of anilines is 6. The highest BCUT2D eigenvalue weighted by molar-refractivity contribution is 6.30. The summed E-state index contributed by atoms with van der Waals surface area (Å²) in [6.07, 6.45) is 0. The lowest BCUT2D eigenvalue weighted by molar-refractivity contribution is 0.414. The first-order valence-corrected chi connectivity index (χ1v) is 17.3. The van der Waals surface area contributed by atoms with Crippen LogP contribution in [0, 0.1) is 13.8 Å². The van der Waals surface area contributed by atoms with Gasteiger partial charge in [0.2, 0.25) is 0 Å². The summed E-state index contributed by atoms with van der Waals surface area (Å²) in [6, 6.07) is 46.8. The number of aryl methyl sites for hydroxylation is 2. The van der Waals surface area contributed by atoms with Crippen LogP contribution in [0.2, 0.25) is 0 Å². The van der Waals surface area contributed by atoms with Gasteiger partial charge in [0, 0.05) is 67.2 Å². The molecule has 0 aliphatic carbocycles. The zero-order valence-corrected chi connectivity index (χ0v) is 30.2. The summed E-state index contributed by atoms with van der Waals surface area (Å²) in [6.45, 7) is 4.22. The molecular formula is C46H40N2O4. The molecule has 0 N–H and O–H groups in total. The maximum absolute atomic E-state index is 6.20. The van der Waals surface area contributed by atoms with E-state index in [-0.39, 0.29) is 0 Å². The van der Waals surface area contributed by atoms with Crippen molar-refractivity contribution in [2.75, 3.05) is 38.2 Å². The molecule has 0 unspecified atom stereocenters. The van der Waals surface area contributed by atoms with Crippen molar-refractivity contribution < 1.29 is 18.9 Å². The molecular weight excluding hydrogens is 645 g/mol. The summed E-state index contributed by atoms with van der Waals surface area (Å²) < 4.78 is 23.5. The fraction of sp³-hybridized carbons (Fsp3) is 0.130. The second-order valence-electron chi connectivity index (χ2n) is 13.0. The van der Waals surface area contributed by atoms with Gasteiger partial charge in [0.05, 0.1) is 39.8 Å². The molecule has 0 aliphatic rings. The minimum atomic E-state index is 0.789. The Labute approximate surface area is 304 Å². The Morgan fingerprint density at radius 1 is 0.346 bits per heavy atom. The minimum Gasteiger partial charge on any atom is -0.497 e. The molecule has 0 aliphatic heterocycles. The smallest absolute Gasteiger partial charge is 0.128 e. The first-order chi connectivity index (χ1) is 25.4. The first-order valence-electron chi connectivity index (χ1n) is 17.3. The highest BCUT2D eigenvalue weighted by atomic mass is 16.5. The standard InChI is InChI=1S/C46H40N2O4/c1-29-7-11-31(12-8-29)47(33-15-19-35(49-3)20-16-33)41-27-43(51-5)39-26-24-38-42(28-44(52-6)40-25-23-37(41)45(39)46(38)40)48(32-13-9-30(2)10-14-32)34-17-21-36(50-4)22-18-34/h7-28H,1-6H3. The summed E-state index contributed by atoms with van der Waals surface area (Å²) in [4.78, 5) is 4.59. The minimum absolute atomic E-state index is 0.789. The topological polar surface area (TPSA) is 43.4 Å². The van der Waals surface area contributed by atoms with Crippen molar-refractivity contribution in [1.82, 2.24) is 0 Å². The van der Waals surface area contributed by atoms with Gasteiger partial charge in [-0.3, -0.25) is 0 Å². The van der Waals surface area contributed by atoms with Crippen molar-refractivity contribution in [3.63, 3.8) is 0 Å². The molecule has 52 heavy (non-hydrogen) atoms. The number of nitrogens with zero attached hydrogens (tertiary/aromatic N) is 2. The maximum atomic E-state index is 6.20. The molecule has 0 saturated heterocycles. The Morgan fingerprint density at radius 2 is 0.654 bits per heavy atom. The molecule has 8 aromatic carbocycles. The zero-order chi connectivity index (χ0) is 35.9. The molecule has 6 heteroatoms. The van der Waals surface area contributed by atoms with E-state index in [1.807, 2.05) is 24.3 Å². The van der Waals surface area contributed by atoms with E-state index in [0.29, 0.717) is 0 Å². The second kappa shape index (κ2) is 13.4. The van der Waals surface area contributed by atoms with E-state index in [0.717, 1.165) is 89.4 Å². The summed E-state index contributed by atoms with van der Waals surface area (Å²) in [7, 11) is 6.87. The van der Waals surface area contributed by atoms with Crippen LogP contribution in [0.5, 0.6) is 23.0 Å². The van der Waals surface area contributed by atoms with Crippen LogP contribution in [0.3, 0.4) is 0 Å². The fourth-order valence-electron chi connectivity index (χ4n) is 7.30. The van der Waals surface area contributed by atoms with Crippen molar-refractivity contribution in [3.8, 4) is 23.0 Å². The van der Waals surface area contributed by atoms with Gasteiger partial charge in [-0.2, -0.15) is 0 Å². The maximum Gasteiger partial charge on any atom is 0.128 e. The van der Waals surface area contributed by atoms with Crippen LogP contribution >= 0.6 is 0 Å². The Bertz CT molecular complexity index is 2330. The molecule has 0 bridgehead atoms. The Balaban J connectivity index is 1.46. The van der Waals surface area contributed by atoms with Gasteiger partial charge in [0.25, 0.3) is 0 Å². The second-order valence-corrected chi connectivity index (χ2v) is 13.0. The van der Waals surface area contributed by atoms with Gasteiger partial charge in [-0.05, 0) is 98.8 Å². The number of rotatable bonds is 10. The third kappa shape index (κ3) is 5.53. The van der Waals surface area contributed by atoms with Gasteiger partial charge in [-0.15, -0.1) is 0 Å². The molecule has 6 nitrogen and oxygen atoms in total. The number of hydrogen-bond donors (Lipinski definition) is 0. The van der Waals surface area contributed by atoms with Crippen LogP contribution in [0.1, 0.15) is 11.1 Å². The lowest BCUT2D eigenvalue weighted by Crippen LogP contribution is -2.12. The molecule has 0 amide bonds. The highest BCUT2D eigenvalue weighted by Crippen LogP contribution is 2.52. The van der Waals surface area contributed by atoms with E-state index in [1.165, 1.54) is 11.1 Å². The average molecular weight is 685 g/mol. The number of benzene rings is 8. The third-order valence-electron chi connectivity index (χ3n) is 9.95. The van der Waals surface area contributed by atoms with E-state index in [2.05, 4.69) is 133 Å². The molecule has 0 saturated carbocycles. The van der Waals surface area contributed by atoms with Crippen molar-refractivity contribution in [2.45, 2.75) is 13.8 Å². The Kier molecular flexibility index (Phi) is 8.44. The van der Waals surface area contributed by atoms with Crippen LogP contribution in [0.25, 0.3) is 32.3 Å². The average Bonchev–Trinajstić information content (AvgIpc) is 3.19. The van der Waals surface area contributed by atoms with E-state index in [1.54, 1.807) is 28.4 Å². The number of hydrogen-bond acceptors (Lipinski definition) is 6. The summed E-state index contributed by atoms with van der Waals surface area (Å²) in [5.41, 5.74) is 8.48. The third-order valence-corrected chi connectivity index (χ3v) is 9.95. The molecule has 258 valence electrons. The van der Waals surface area contributed by atoms with Crippen molar-refractivity contribution >= 4 is 66.4 Å². The van der Waals surface area contributed by atoms with E-state index >= 15 is 0 Å². The lowest BCUT2D eigenvalue weighted by Gasteiger charge is -2.30. The monoisotopic (exact) mass is 684 g/mol. The molecule has 0 aromatic heterocycles. The molecule has 0 spiro atoms. The molecule has 8 aromatic rings. The van der Waals surface area contributed by atoms with E-state index in [9.17, 15) is 0 Å². The summed E-state index contributed by atoms with van der Waals surface area (Å²) in [5.74, 6) is 3.18. The van der Waals surface area contributed by atoms with Gasteiger partial charge in [-0.25, -0.2) is 0 Å². The predicted molar refractivity (Wildman–Crippen MR) is 215 cm³/mol. The van der Waals surface area contributed by atoms with Gasteiger partial charge in [0.1, 0.15) is 23.0 Å². The molecule has 8 rings (SSSR count). The van der Waals surface area contributed by atoms with Crippen molar-refractivity contribution in [1.29, 1.82) is 0 Å². The predicted octanol–water partition coefficient (Wildman–Crippen LogP) is 12.2. The van der Waals surface area contributed by atoms with Crippen LogP contribution in [0.4, 0.5) is 34.1 Å². The van der Waals surface area contributed by atoms with Gasteiger partial charge < -0.3 is 28.7 Å². The van der Waals surface area contributed by atoms with E-state index < -0.39 is 0 Å². The van der Waals surface area contributed by atoms with Crippen molar-refractivity contribution in [3.05, 3.63) is 145 Å². The highest BCUT2D eigenvalue weighted by Gasteiger charge is 2.25. The first kappa shape index (κ1) is 32.8. The largest absolute Gasteiger partial charge is 0.497 e. The summed E-state index contributed by atoms with van der Waals surface area (Å²) in [5, 5.41) is 6.46. The van der Waals surface area contributed by atoms with Crippen LogP contribution in [0.15, 0.2) is 133 Å². The van der Waals surface area contributed by atoms with Gasteiger partial charge >= 0.3 is 0 Å². The van der Waals surface area contributed by atoms with Gasteiger partial charge in [-0.1, -0.05) is 47.5 Å². The fourth-order valence-corrected chi connectivity index (χ4v) is 7.30. The number of methoxy groups -OCH3 is 4. The van der Waals surface area contributed by atoms with Crippen LogP contribution in [-0.4, -0.2) is 28.4 Å². The van der Waals surface area contributed by atoms with Gasteiger partial charge in [0.15, 0.2) is 0 Å². The number of ether oxygens (including phenoxy) is 4. The zero-order valence-electron chi connectivity index (χ0n) is 30.2. The lowest BCUT2D eigenvalue weighted by atomic mass is 9.90. The van der Waals surface area contributed by atoms with Crippen LogP contribution < -0.4 is 28.7 Å². The molecule has 0 atom stereocenters. The normalized spacial score (nSPS) is 11.3. The molecule has 0 heterocycles. The molecule has 0 fully saturated rings. The quantitative estimate of drug-likeness (QED) is 0.134. The summed E-state index contributed by atoms with van der Waals surface area (Å²) >= 11 is 0. The Morgan fingerprint density at radius 3 is 0.962 bits per heavy atom. The van der Waals surface area contributed by atoms with Crippen molar-refractivity contribution in [2.24, 2.45) is 0 Å². The SMILES string of the molecule is COc1ccc(N(c2ccc(C)cc2)c2cc(OC)c3ccc4c(N(c5ccc(C)cc5)c5ccc(OC)cc5)cc(OC)c5ccc2c3c54)cc1.